The highest BCUT2D eigenvalue weighted by Gasteiger charge is 2.09. The van der Waals surface area contributed by atoms with Crippen molar-refractivity contribution in [2.75, 3.05) is 31.3 Å². The van der Waals surface area contributed by atoms with Crippen LogP contribution in [-0.4, -0.2) is 37.4 Å². The Kier molecular flexibility index (Phi) is 5.58. The highest BCUT2D eigenvalue weighted by Crippen LogP contribution is 2.16. The summed E-state index contributed by atoms with van der Waals surface area (Å²) in [4.78, 5) is 25.6. The van der Waals surface area contributed by atoms with Gasteiger partial charge < -0.3 is 15.5 Å². The number of aryl methyl sites for hydroxylation is 2. The topological polar surface area (TPSA) is 61.4 Å². The van der Waals surface area contributed by atoms with E-state index in [1.54, 1.807) is 32.3 Å². The predicted molar refractivity (Wildman–Crippen MR) is 97.5 cm³/mol. The fraction of sp³-hybridized carbons (Fsp3) is 0.263. The standard InChI is InChI=1S/C19H23N3O2/c1-13-8-9-17(14(2)10-13)21-18(23)12-20-16-7-5-6-15(11-16)19(24)22(3)4/h5-11,20H,12H2,1-4H3,(H,21,23). The lowest BCUT2D eigenvalue weighted by Crippen LogP contribution is -2.23. The molecule has 2 aromatic rings. The summed E-state index contributed by atoms with van der Waals surface area (Å²) in [5.74, 6) is -0.204. The number of anilines is 2. The van der Waals surface area contributed by atoms with Crippen LogP contribution in [0.3, 0.4) is 0 Å². The fourth-order valence-electron chi connectivity index (χ4n) is 2.35. The van der Waals surface area contributed by atoms with E-state index < -0.39 is 0 Å². The molecule has 5 nitrogen and oxygen atoms in total. The molecule has 0 radical (unpaired) electrons. The summed E-state index contributed by atoms with van der Waals surface area (Å²) in [6, 6.07) is 13.0. The first-order valence-electron chi connectivity index (χ1n) is 7.79. The zero-order valence-corrected chi connectivity index (χ0v) is 14.5. The first-order chi connectivity index (χ1) is 11.4. The molecule has 0 saturated carbocycles. The van der Waals surface area contributed by atoms with Crippen LogP contribution in [0.1, 0.15) is 21.5 Å². The summed E-state index contributed by atoms with van der Waals surface area (Å²) >= 11 is 0. The van der Waals surface area contributed by atoms with Crippen molar-refractivity contribution in [2.45, 2.75) is 13.8 Å². The lowest BCUT2D eigenvalue weighted by Gasteiger charge is -2.13. The lowest BCUT2D eigenvalue weighted by atomic mass is 10.1. The van der Waals surface area contributed by atoms with E-state index in [1.165, 1.54) is 4.90 Å². The maximum atomic E-state index is 12.1. The lowest BCUT2D eigenvalue weighted by molar-refractivity contribution is -0.114. The van der Waals surface area contributed by atoms with Crippen LogP contribution >= 0.6 is 0 Å². The van der Waals surface area contributed by atoms with Gasteiger partial charge in [0.1, 0.15) is 0 Å². The van der Waals surface area contributed by atoms with Gasteiger partial charge in [-0.3, -0.25) is 9.59 Å². The molecule has 0 aliphatic carbocycles. The summed E-state index contributed by atoms with van der Waals surface area (Å²) < 4.78 is 0. The summed E-state index contributed by atoms with van der Waals surface area (Å²) in [6.45, 7) is 4.11. The maximum absolute atomic E-state index is 12.1. The van der Waals surface area contributed by atoms with Crippen molar-refractivity contribution in [3.05, 3.63) is 59.2 Å². The summed E-state index contributed by atoms with van der Waals surface area (Å²) in [5.41, 5.74) is 4.31. The molecular formula is C19H23N3O2. The third kappa shape index (κ3) is 4.59. The summed E-state index contributed by atoms with van der Waals surface area (Å²) in [6.07, 6.45) is 0. The quantitative estimate of drug-likeness (QED) is 0.888. The molecule has 2 aromatic carbocycles. The predicted octanol–water partition coefficient (Wildman–Crippen LogP) is 3.06. The van der Waals surface area contributed by atoms with Crippen LogP contribution in [-0.2, 0) is 4.79 Å². The molecule has 0 bridgehead atoms. The zero-order valence-electron chi connectivity index (χ0n) is 14.5. The van der Waals surface area contributed by atoms with Gasteiger partial charge in [-0.2, -0.15) is 0 Å². The van der Waals surface area contributed by atoms with E-state index in [9.17, 15) is 9.59 Å². The molecule has 2 amide bonds. The smallest absolute Gasteiger partial charge is 0.253 e. The number of benzene rings is 2. The number of carbonyl (C=O) groups excluding carboxylic acids is 2. The fourth-order valence-corrected chi connectivity index (χ4v) is 2.35. The molecule has 2 N–H and O–H groups in total. The molecule has 0 aromatic heterocycles. The zero-order chi connectivity index (χ0) is 17.7. The Morgan fingerprint density at radius 3 is 2.46 bits per heavy atom. The second-order valence-corrected chi connectivity index (χ2v) is 6.00. The van der Waals surface area contributed by atoms with Gasteiger partial charge in [-0.05, 0) is 43.7 Å². The van der Waals surface area contributed by atoms with E-state index in [2.05, 4.69) is 10.6 Å². The van der Waals surface area contributed by atoms with Crippen molar-refractivity contribution >= 4 is 23.2 Å². The molecule has 5 heteroatoms. The Labute approximate surface area is 142 Å². The van der Waals surface area contributed by atoms with Gasteiger partial charge in [-0.15, -0.1) is 0 Å². The molecule has 0 unspecified atom stereocenters. The number of carbonyl (C=O) groups is 2. The minimum absolute atomic E-state index is 0.0709. The third-order valence-electron chi connectivity index (χ3n) is 3.62. The number of nitrogens with one attached hydrogen (secondary N) is 2. The first-order valence-corrected chi connectivity index (χ1v) is 7.79. The molecule has 0 heterocycles. The molecule has 0 saturated heterocycles. The molecule has 0 aliphatic rings. The Bertz CT molecular complexity index is 754. The number of hydrogen-bond acceptors (Lipinski definition) is 3. The van der Waals surface area contributed by atoms with Gasteiger partial charge in [0, 0.05) is 31.0 Å². The van der Waals surface area contributed by atoms with E-state index in [4.69, 9.17) is 0 Å². The van der Waals surface area contributed by atoms with Crippen molar-refractivity contribution in [1.29, 1.82) is 0 Å². The molecular weight excluding hydrogens is 302 g/mol. The largest absolute Gasteiger partial charge is 0.376 e. The van der Waals surface area contributed by atoms with E-state index in [-0.39, 0.29) is 18.4 Å². The maximum Gasteiger partial charge on any atom is 0.253 e. The Morgan fingerprint density at radius 1 is 1.04 bits per heavy atom. The van der Waals surface area contributed by atoms with Gasteiger partial charge in [0.2, 0.25) is 5.91 Å². The monoisotopic (exact) mass is 325 g/mol. The molecule has 2 rings (SSSR count). The average molecular weight is 325 g/mol. The van der Waals surface area contributed by atoms with Crippen LogP contribution in [0, 0.1) is 13.8 Å². The summed E-state index contributed by atoms with van der Waals surface area (Å²) in [5, 5.41) is 5.93. The minimum Gasteiger partial charge on any atom is -0.376 e. The van der Waals surface area contributed by atoms with Crippen molar-refractivity contribution in [2.24, 2.45) is 0 Å². The molecule has 24 heavy (non-hydrogen) atoms. The average Bonchev–Trinajstić information content (AvgIpc) is 2.55. The molecule has 126 valence electrons. The highest BCUT2D eigenvalue weighted by molar-refractivity contribution is 5.96. The number of hydrogen-bond donors (Lipinski definition) is 2. The Balaban J connectivity index is 1.96. The second kappa shape index (κ2) is 7.64. The van der Waals surface area contributed by atoms with Crippen LogP contribution in [0.4, 0.5) is 11.4 Å². The van der Waals surface area contributed by atoms with Crippen LogP contribution < -0.4 is 10.6 Å². The molecule has 0 fully saturated rings. The summed E-state index contributed by atoms with van der Waals surface area (Å²) in [7, 11) is 3.42. The molecule has 0 spiro atoms. The van der Waals surface area contributed by atoms with Crippen molar-refractivity contribution < 1.29 is 9.59 Å². The second-order valence-electron chi connectivity index (χ2n) is 6.00. The van der Waals surface area contributed by atoms with Gasteiger partial charge >= 0.3 is 0 Å². The van der Waals surface area contributed by atoms with Crippen molar-refractivity contribution in [1.82, 2.24) is 4.90 Å². The van der Waals surface area contributed by atoms with Gasteiger partial charge in [-0.1, -0.05) is 23.8 Å². The Morgan fingerprint density at radius 2 is 1.79 bits per heavy atom. The van der Waals surface area contributed by atoms with Crippen molar-refractivity contribution in [3.63, 3.8) is 0 Å². The van der Waals surface area contributed by atoms with Gasteiger partial charge in [0.25, 0.3) is 5.91 Å². The normalized spacial score (nSPS) is 10.2. The Hall–Kier alpha value is -2.82. The number of nitrogens with zero attached hydrogens (tertiary/aromatic N) is 1. The van der Waals surface area contributed by atoms with Gasteiger partial charge in [0.05, 0.1) is 6.54 Å². The number of amides is 2. The minimum atomic E-state index is -0.133. The highest BCUT2D eigenvalue weighted by atomic mass is 16.2. The third-order valence-corrected chi connectivity index (χ3v) is 3.62. The number of rotatable bonds is 5. The molecule has 0 atom stereocenters. The van der Waals surface area contributed by atoms with Crippen LogP contribution in [0.2, 0.25) is 0 Å². The molecule has 0 aliphatic heterocycles. The van der Waals surface area contributed by atoms with Gasteiger partial charge in [0.15, 0.2) is 0 Å². The van der Waals surface area contributed by atoms with E-state index >= 15 is 0 Å². The van der Waals surface area contributed by atoms with E-state index in [0.29, 0.717) is 5.56 Å². The van der Waals surface area contributed by atoms with Crippen molar-refractivity contribution in [3.8, 4) is 0 Å². The van der Waals surface area contributed by atoms with Gasteiger partial charge in [-0.25, -0.2) is 0 Å². The SMILES string of the molecule is Cc1ccc(NC(=O)CNc2cccc(C(=O)N(C)C)c2)c(C)c1. The van der Waals surface area contributed by atoms with Crippen LogP contribution in [0.25, 0.3) is 0 Å². The van der Waals surface area contributed by atoms with Crippen LogP contribution in [0.15, 0.2) is 42.5 Å². The van der Waals surface area contributed by atoms with E-state index in [0.717, 1.165) is 22.5 Å². The van der Waals surface area contributed by atoms with E-state index in [1.807, 2.05) is 38.1 Å². The first kappa shape index (κ1) is 17.5. The van der Waals surface area contributed by atoms with Crippen LogP contribution in [0.5, 0.6) is 0 Å².